The van der Waals surface area contributed by atoms with E-state index in [0.717, 1.165) is 0 Å². The first-order chi connectivity index (χ1) is 10.6. The Morgan fingerprint density at radius 1 is 1.18 bits per heavy atom. The summed E-state index contributed by atoms with van der Waals surface area (Å²) in [5, 5.41) is 0.406. The van der Waals surface area contributed by atoms with Gasteiger partial charge in [0, 0.05) is 5.56 Å². The van der Waals surface area contributed by atoms with Gasteiger partial charge < -0.3 is 9.64 Å². The maximum atomic E-state index is 12.8. The third-order valence-electron chi connectivity index (χ3n) is 3.58. The lowest BCUT2D eigenvalue weighted by Gasteiger charge is -2.30. The number of carbonyl (C=O) groups excluding carboxylic acids is 2. The largest absolute Gasteiger partial charge is 0.490 e. The van der Waals surface area contributed by atoms with E-state index in [4.69, 9.17) is 16.3 Å². The minimum atomic E-state index is -0.198. The van der Waals surface area contributed by atoms with E-state index in [2.05, 4.69) is 0 Å². The zero-order valence-electron chi connectivity index (χ0n) is 12.0. The van der Waals surface area contributed by atoms with Gasteiger partial charge in [-0.15, -0.1) is 0 Å². The molecule has 1 aliphatic heterocycles. The van der Waals surface area contributed by atoms with Crippen molar-refractivity contribution in [1.29, 1.82) is 0 Å². The van der Waals surface area contributed by atoms with Gasteiger partial charge in [-0.1, -0.05) is 23.7 Å². The highest BCUT2D eigenvalue weighted by molar-refractivity contribution is 6.34. The SMILES string of the molecule is CC(=O)c1ccc2c(c1)N(C(=O)c1ccccc1Cl)CCO2. The van der Waals surface area contributed by atoms with E-state index in [-0.39, 0.29) is 11.7 Å². The van der Waals surface area contributed by atoms with Crippen LogP contribution in [-0.4, -0.2) is 24.8 Å². The fourth-order valence-corrected chi connectivity index (χ4v) is 2.64. The van der Waals surface area contributed by atoms with E-state index in [1.807, 2.05) is 0 Å². The normalized spacial score (nSPS) is 13.3. The van der Waals surface area contributed by atoms with Crippen LogP contribution in [0.4, 0.5) is 5.69 Å². The second-order valence-electron chi connectivity index (χ2n) is 5.02. The van der Waals surface area contributed by atoms with Crippen LogP contribution in [0.3, 0.4) is 0 Å². The third kappa shape index (κ3) is 2.57. The Bertz CT molecular complexity index is 757. The lowest BCUT2D eigenvalue weighted by atomic mass is 10.1. The number of fused-ring (bicyclic) bond motifs is 1. The molecule has 112 valence electrons. The first kappa shape index (κ1) is 14.6. The topological polar surface area (TPSA) is 46.6 Å². The van der Waals surface area contributed by atoms with Crippen LogP contribution in [0.5, 0.6) is 5.75 Å². The Hall–Kier alpha value is -2.33. The van der Waals surface area contributed by atoms with Crippen molar-refractivity contribution < 1.29 is 14.3 Å². The lowest BCUT2D eigenvalue weighted by Crippen LogP contribution is -2.38. The number of amides is 1. The van der Waals surface area contributed by atoms with Gasteiger partial charge in [-0.05, 0) is 37.3 Å². The van der Waals surface area contributed by atoms with Crippen LogP contribution in [0.15, 0.2) is 42.5 Å². The monoisotopic (exact) mass is 315 g/mol. The molecule has 2 aromatic carbocycles. The number of anilines is 1. The number of ketones is 1. The molecule has 3 rings (SSSR count). The fourth-order valence-electron chi connectivity index (χ4n) is 2.43. The van der Waals surface area contributed by atoms with Crippen LogP contribution in [0.25, 0.3) is 0 Å². The molecule has 4 nitrogen and oxygen atoms in total. The van der Waals surface area contributed by atoms with Crippen molar-refractivity contribution in [3.05, 3.63) is 58.6 Å². The Labute approximate surface area is 133 Å². The average molecular weight is 316 g/mol. The summed E-state index contributed by atoms with van der Waals surface area (Å²) < 4.78 is 5.57. The molecule has 2 aromatic rings. The van der Waals surface area contributed by atoms with Crippen LogP contribution < -0.4 is 9.64 Å². The zero-order chi connectivity index (χ0) is 15.7. The number of ether oxygens (including phenoxy) is 1. The minimum Gasteiger partial charge on any atom is -0.490 e. The number of hydrogen-bond donors (Lipinski definition) is 0. The van der Waals surface area contributed by atoms with E-state index in [1.54, 1.807) is 47.4 Å². The molecule has 0 aromatic heterocycles. The summed E-state index contributed by atoms with van der Waals surface area (Å²) in [6, 6.07) is 12.0. The van der Waals surface area contributed by atoms with Gasteiger partial charge >= 0.3 is 0 Å². The van der Waals surface area contributed by atoms with Crippen molar-refractivity contribution in [2.75, 3.05) is 18.1 Å². The molecule has 0 fully saturated rings. The smallest absolute Gasteiger partial charge is 0.260 e. The van der Waals surface area contributed by atoms with E-state index < -0.39 is 0 Å². The molecule has 1 amide bonds. The second kappa shape index (κ2) is 5.81. The van der Waals surface area contributed by atoms with Gasteiger partial charge in [0.05, 0.1) is 22.8 Å². The van der Waals surface area contributed by atoms with Gasteiger partial charge in [0.15, 0.2) is 5.78 Å². The Balaban J connectivity index is 2.04. The summed E-state index contributed by atoms with van der Waals surface area (Å²) in [5.74, 6) is 0.339. The first-order valence-electron chi connectivity index (χ1n) is 6.92. The molecular weight excluding hydrogens is 302 g/mol. The number of benzene rings is 2. The first-order valence-corrected chi connectivity index (χ1v) is 7.30. The fraction of sp³-hybridized carbons (Fsp3) is 0.176. The highest BCUT2D eigenvalue weighted by Crippen LogP contribution is 2.34. The van der Waals surface area contributed by atoms with E-state index in [1.165, 1.54) is 6.92 Å². The van der Waals surface area contributed by atoms with Gasteiger partial charge in [-0.3, -0.25) is 9.59 Å². The van der Waals surface area contributed by atoms with Crippen molar-refractivity contribution in [2.24, 2.45) is 0 Å². The summed E-state index contributed by atoms with van der Waals surface area (Å²) in [6.45, 7) is 2.31. The van der Waals surface area contributed by atoms with Crippen LogP contribution in [0, 0.1) is 0 Å². The molecule has 0 unspecified atom stereocenters. The number of Topliss-reactive ketones (excluding diaryl/α,β-unsaturated/α-hetero) is 1. The molecule has 1 heterocycles. The molecule has 0 N–H and O–H groups in total. The number of nitrogens with zero attached hydrogens (tertiary/aromatic N) is 1. The number of rotatable bonds is 2. The summed E-state index contributed by atoms with van der Waals surface area (Å²) in [7, 11) is 0. The van der Waals surface area contributed by atoms with Crippen molar-refractivity contribution in [3.63, 3.8) is 0 Å². The predicted molar refractivity (Wildman–Crippen MR) is 85.1 cm³/mol. The molecule has 22 heavy (non-hydrogen) atoms. The maximum Gasteiger partial charge on any atom is 0.260 e. The van der Waals surface area contributed by atoms with Gasteiger partial charge in [-0.25, -0.2) is 0 Å². The minimum absolute atomic E-state index is 0.0569. The molecule has 0 atom stereocenters. The number of halogens is 1. The van der Waals surface area contributed by atoms with Crippen molar-refractivity contribution >= 4 is 29.0 Å². The molecule has 0 saturated carbocycles. The van der Waals surface area contributed by atoms with Gasteiger partial charge in [0.2, 0.25) is 0 Å². The molecule has 5 heteroatoms. The molecule has 0 aliphatic carbocycles. The highest BCUT2D eigenvalue weighted by atomic mass is 35.5. The van der Waals surface area contributed by atoms with Crippen LogP contribution in [-0.2, 0) is 0 Å². The van der Waals surface area contributed by atoms with Crippen LogP contribution in [0.2, 0.25) is 5.02 Å². The molecular formula is C17H14ClNO3. The standard InChI is InChI=1S/C17H14ClNO3/c1-11(20)12-6-7-16-15(10-12)19(8-9-22-16)17(21)13-4-2-3-5-14(13)18/h2-7,10H,8-9H2,1H3. The summed E-state index contributed by atoms with van der Waals surface area (Å²) >= 11 is 6.11. The van der Waals surface area contributed by atoms with Gasteiger partial charge in [-0.2, -0.15) is 0 Å². The number of hydrogen-bond acceptors (Lipinski definition) is 3. The van der Waals surface area contributed by atoms with E-state index in [9.17, 15) is 9.59 Å². The van der Waals surface area contributed by atoms with Gasteiger partial charge in [0.25, 0.3) is 5.91 Å². The zero-order valence-corrected chi connectivity index (χ0v) is 12.8. The Kier molecular flexibility index (Phi) is 3.86. The molecule has 0 radical (unpaired) electrons. The summed E-state index contributed by atoms with van der Waals surface area (Å²) in [5.41, 5.74) is 1.58. The molecule has 0 bridgehead atoms. The summed E-state index contributed by atoms with van der Waals surface area (Å²) in [6.07, 6.45) is 0. The van der Waals surface area contributed by atoms with Crippen LogP contribution >= 0.6 is 11.6 Å². The van der Waals surface area contributed by atoms with Crippen LogP contribution in [0.1, 0.15) is 27.6 Å². The average Bonchev–Trinajstić information content (AvgIpc) is 2.53. The molecule has 1 aliphatic rings. The Morgan fingerprint density at radius 3 is 2.68 bits per heavy atom. The van der Waals surface area contributed by atoms with Crippen molar-refractivity contribution in [2.45, 2.75) is 6.92 Å². The van der Waals surface area contributed by atoms with E-state index in [0.29, 0.717) is 40.7 Å². The lowest BCUT2D eigenvalue weighted by molar-refractivity contribution is 0.0973. The summed E-state index contributed by atoms with van der Waals surface area (Å²) in [4.78, 5) is 25.9. The van der Waals surface area contributed by atoms with E-state index >= 15 is 0 Å². The predicted octanol–water partition coefficient (Wildman–Crippen LogP) is 3.58. The quantitative estimate of drug-likeness (QED) is 0.796. The maximum absolute atomic E-state index is 12.8. The molecule has 0 saturated heterocycles. The number of carbonyl (C=O) groups is 2. The van der Waals surface area contributed by atoms with Crippen molar-refractivity contribution in [1.82, 2.24) is 0 Å². The highest BCUT2D eigenvalue weighted by Gasteiger charge is 2.26. The Morgan fingerprint density at radius 2 is 1.95 bits per heavy atom. The third-order valence-corrected chi connectivity index (χ3v) is 3.91. The molecule has 0 spiro atoms. The van der Waals surface area contributed by atoms with Crippen molar-refractivity contribution in [3.8, 4) is 5.75 Å². The second-order valence-corrected chi connectivity index (χ2v) is 5.43. The van der Waals surface area contributed by atoms with Gasteiger partial charge in [0.1, 0.15) is 12.4 Å².